The fraction of sp³-hybridized carbons (Fsp3) is 0.353. The molecule has 0 aliphatic heterocycles. The minimum Gasteiger partial charge on any atom is -0.410 e. The van der Waals surface area contributed by atoms with Crippen LogP contribution in [0.25, 0.3) is 6.08 Å². The van der Waals surface area contributed by atoms with Gasteiger partial charge in [-0.2, -0.15) is 0 Å². The van der Waals surface area contributed by atoms with E-state index in [1.807, 2.05) is 44.2 Å². The average Bonchev–Trinajstić information content (AvgIpc) is 3.03. The monoisotopic (exact) mass is 363 g/mol. The Morgan fingerprint density at radius 3 is 2.48 bits per heavy atom. The van der Waals surface area contributed by atoms with Crippen LogP contribution in [-0.2, 0) is 14.6 Å². The van der Waals surface area contributed by atoms with Crippen LogP contribution in [0.2, 0.25) is 0 Å². The first-order valence-corrected chi connectivity index (χ1v) is 9.72. The number of hydrogen-bond acceptors (Lipinski definition) is 6. The third kappa shape index (κ3) is 5.82. The molecule has 1 heterocycles. The predicted molar refractivity (Wildman–Crippen MR) is 93.2 cm³/mol. The fourth-order valence-corrected chi connectivity index (χ4v) is 2.59. The molecule has 1 amide bonds. The fourth-order valence-electron chi connectivity index (χ4n) is 2.16. The third-order valence-electron chi connectivity index (χ3n) is 3.29. The molecule has 1 atom stereocenters. The maximum atomic E-state index is 12.2. The normalized spacial score (nSPS) is 13.3. The summed E-state index contributed by atoms with van der Waals surface area (Å²) >= 11 is 0. The summed E-state index contributed by atoms with van der Waals surface area (Å²) in [5.41, 5.74) is 0.898. The van der Waals surface area contributed by atoms with E-state index in [9.17, 15) is 13.2 Å². The van der Waals surface area contributed by atoms with Gasteiger partial charge in [-0.1, -0.05) is 49.3 Å². The van der Waals surface area contributed by atoms with Gasteiger partial charge in [0.05, 0.1) is 0 Å². The molecule has 0 fully saturated rings. The molecule has 1 N–H and O–H groups in total. The van der Waals surface area contributed by atoms with Crippen LogP contribution in [0.1, 0.15) is 37.8 Å². The van der Waals surface area contributed by atoms with Crippen molar-refractivity contribution in [3.8, 4) is 0 Å². The SMILES string of the molecule is CC(C)C[C@H](NC(=O)/C=C/c1ccccc1)c1nnc(S(C)(=O)=O)o1. The van der Waals surface area contributed by atoms with Gasteiger partial charge in [-0.05, 0) is 24.0 Å². The number of nitrogens with one attached hydrogen (secondary N) is 1. The van der Waals surface area contributed by atoms with Crippen molar-refractivity contribution in [2.75, 3.05) is 6.26 Å². The largest absolute Gasteiger partial charge is 0.410 e. The number of rotatable bonds is 7. The van der Waals surface area contributed by atoms with Gasteiger partial charge in [0.15, 0.2) is 0 Å². The number of benzene rings is 1. The number of hydrogen-bond donors (Lipinski definition) is 1. The van der Waals surface area contributed by atoms with Crippen molar-refractivity contribution in [3.05, 3.63) is 47.9 Å². The molecule has 8 heteroatoms. The molecule has 0 aliphatic rings. The van der Waals surface area contributed by atoms with Crippen LogP contribution in [0, 0.1) is 5.92 Å². The maximum absolute atomic E-state index is 12.2. The van der Waals surface area contributed by atoms with Gasteiger partial charge in [-0.25, -0.2) is 8.42 Å². The maximum Gasteiger partial charge on any atom is 0.335 e. The molecule has 7 nitrogen and oxygen atoms in total. The van der Waals surface area contributed by atoms with Crippen LogP contribution in [0.15, 0.2) is 46.0 Å². The average molecular weight is 363 g/mol. The second-order valence-corrected chi connectivity index (χ2v) is 8.01. The number of nitrogens with zero attached hydrogens (tertiary/aromatic N) is 2. The summed E-state index contributed by atoms with van der Waals surface area (Å²) in [7, 11) is -3.59. The smallest absolute Gasteiger partial charge is 0.335 e. The van der Waals surface area contributed by atoms with E-state index in [-0.39, 0.29) is 17.7 Å². The zero-order valence-corrected chi connectivity index (χ0v) is 15.2. The van der Waals surface area contributed by atoms with Gasteiger partial charge in [0.2, 0.25) is 21.6 Å². The Morgan fingerprint density at radius 1 is 1.24 bits per heavy atom. The predicted octanol–water partition coefficient (Wildman–Crippen LogP) is 2.39. The molecule has 0 aliphatic carbocycles. The Labute approximate surface area is 147 Å². The summed E-state index contributed by atoms with van der Waals surface area (Å²) in [5.74, 6) is -0.0128. The van der Waals surface area contributed by atoms with Crippen LogP contribution in [0.5, 0.6) is 0 Å². The molecule has 2 aromatic rings. The Bertz CT molecular complexity index is 842. The zero-order valence-electron chi connectivity index (χ0n) is 14.3. The highest BCUT2D eigenvalue weighted by Crippen LogP contribution is 2.21. The van der Waals surface area contributed by atoms with E-state index in [0.29, 0.717) is 6.42 Å². The molecule has 134 valence electrons. The molecule has 25 heavy (non-hydrogen) atoms. The number of carbonyl (C=O) groups is 1. The second kappa shape index (κ2) is 8.06. The number of carbonyl (C=O) groups excluding carboxylic acids is 1. The van der Waals surface area contributed by atoms with Gasteiger partial charge in [-0.3, -0.25) is 4.79 Å². The lowest BCUT2D eigenvalue weighted by Crippen LogP contribution is -2.28. The molecule has 0 unspecified atom stereocenters. The van der Waals surface area contributed by atoms with E-state index >= 15 is 0 Å². The van der Waals surface area contributed by atoms with Gasteiger partial charge in [0, 0.05) is 12.3 Å². The van der Waals surface area contributed by atoms with E-state index in [1.54, 1.807) is 6.08 Å². The van der Waals surface area contributed by atoms with E-state index in [1.165, 1.54) is 6.08 Å². The van der Waals surface area contributed by atoms with Crippen molar-refractivity contribution in [2.24, 2.45) is 5.92 Å². The van der Waals surface area contributed by atoms with Gasteiger partial charge in [0.1, 0.15) is 6.04 Å². The Balaban J connectivity index is 2.13. The highest BCUT2D eigenvalue weighted by atomic mass is 32.2. The molecular formula is C17H21N3O4S. The standard InChI is InChI=1S/C17H21N3O4S/c1-12(2)11-14(16-19-20-17(24-16)25(3,22)23)18-15(21)10-9-13-7-5-4-6-8-13/h4-10,12,14H,11H2,1-3H3,(H,18,21)/b10-9+/t14-/m0/s1. The van der Waals surface area contributed by atoms with Gasteiger partial charge >= 0.3 is 5.22 Å². The minimum absolute atomic E-state index is 0.0792. The lowest BCUT2D eigenvalue weighted by atomic mass is 10.0. The molecule has 1 aromatic carbocycles. The summed E-state index contributed by atoms with van der Waals surface area (Å²) < 4.78 is 28.2. The summed E-state index contributed by atoms with van der Waals surface area (Å²) in [6.45, 7) is 3.96. The van der Waals surface area contributed by atoms with Crippen LogP contribution >= 0.6 is 0 Å². The Kier molecular flexibility index (Phi) is 6.08. The summed E-state index contributed by atoms with van der Waals surface area (Å²) in [6.07, 6.45) is 4.63. The van der Waals surface area contributed by atoms with Gasteiger partial charge < -0.3 is 9.73 Å². The Hall–Kier alpha value is -2.48. The van der Waals surface area contributed by atoms with Crippen molar-refractivity contribution in [1.82, 2.24) is 15.5 Å². The van der Waals surface area contributed by atoms with Crippen LogP contribution in [-0.4, -0.2) is 30.8 Å². The van der Waals surface area contributed by atoms with Crippen molar-refractivity contribution in [2.45, 2.75) is 31.5 Å². The van der Waals surface area contributed by atoms with Crippen molar-refractivity contribution >= 4 is 21.8 Å². The zero-order chi connectivity index (χ0) is 18.4. The van der Waals surface area contributed by atoms with Gasteiger partial charge in [-0.15, -0.1) is 5.10 Å². The van der Waals surface area contributed by atoms with E-state index in [4.69, 9.17) is 4.42 Å². The van der Waals surface area contributed by atoms with Crippen molar-refractivity contribution in [3.63, 3.8) is 0 Å². The highest BCUT2D eigenvalue weighted by Gasteiger charge is 2.24. The first-order valence-electron chi connectivity index (χ1n) is 7.83. The summed E-state index contributed by atoms with van der Waals surface area (Å²) in [5, 5.41) is 9.64. The molecule has 0 spiro atoms. The number of amides is 1. The lowest BCUT2D eigenvalue weighted by molar-refractivity contribution is -0.117. The lowest BCUT2D eigenvalue weighted by Gasteiger charge is -2.16. The number of aromatic nitrogens is 2. The van der Waals surface area contributed by atoms with E-state index in [0.717, 1.165) is 11.8 Å². The number of sulfone groups is 1. The summed E-state index contributed by atoms with van der Waals surface area (Å²) in [4.78, 5) is 12.2. The van der Waals surface area contributed by atoms with Crippen LogP contribution in [0.4, 0.5) is 0 Å². The third-order valence-corrected chi connectivity index (χ3v) is 4.09. The van der Waals surface area contributed by atoms with Crippen LogP contribution in [0.3, 0.4) is 0 Å². The molecule has 0 radical (unpaired) electrons. The van der Waals surface area contributed by atoms with Gasteiger partial charge in [0.25, 0.3) is 0 Å². The van der Waals surface area contributed by atoms with Crippen molar-refractivity contribution in [1.29, 1.82) is 0 Å². The first kappa shape index (κ1) is 18.9. The second-order valence-electron chi connectivity index (χ2n) is 6.11. The first-order chi connectivity index (χ1) is 11.8. The topological polar surface area (TPSA) is 102 Å². The van der Waals surface area contributed by atoms with Crippen LogP contribution < -0.4 is 5.32 Å². The molecule has 0 bridgehead atoms. The molecule has 1 aromatic heterocycles. The molecular weight excluding hydrogens is 342 g/mol. The molecule has 0 saturated carbocycles. The summed E-state index contributed by atoms with van der Waals surface area (Å²) in [6, 6.07) is 8.85. The molecule has 2 rings (SSSR count). The van der Waals surface area contributed by atoms with E-state index < -0.39 is 21.1 Å². The minimum atomic E-state index is -3.59. The van der Waals surface area contributed by atoms with E-state index in [2.05, 4.69) is 15.5 Å². The highest BCUT2D eigenvalue weighted by molar-refractivity contribution is 7.90. The van der Waals surface area contributed by atoms with Crippen molar-refractivity contribution < 1.29 is 17.6 Å². The quantitative estimate of drug-likeness (QED) is 0.758. The molecule has 0 saturated heterocycles. The Morgan fingerprint density at radius 2 is 1.92 bits per heavy atom.